The van der Waals surface area contributed by atoms with Crippen LogP contribution in [0.1, 0.15) is 38.5 Å². The van der Waals surface area contributed by atoms with Gasteiger partial charge in [0, 0.05) is 38.4 Å². The molecule has 4 fully saturated rings. The van der Waals surface area contributed by atoms with E-state index in [4.69, 9.17) is 9.47 Å². The van der Waals surface area contributed by atoms with Gasteiger partial charge >= 0.3 is 0 Å². The number of quaternary nitrogens is 1. The van der Waals surface area contributed by atoms with Gasteiger partial charge in [0.1, 0.15) is 0 Å². The summed E-state index contributed by atoms with van der Waals surface area (Å²) in [6, 6.07) is 1.00. The van der Waals surface area contributed by atoms with Gasteiger partial charge in [0.25, 0.3) is 0 Å². The standard InChI is InChI=1S/C17H29NO2/c1-19-15-8-12-10-18-7-6-11-4-3-5-13(17(11)18)14(12)9-16(15)20-2/h11-17H,3-10H2,1-2H3/p+1. The lowest BCUT2D eigenvalue weighted by atomic mass is 9.60. The lowest BCUT2D eigenvalue weighted by molar-refractivity contribution is -0.930. The minimum Gasteiger partial charge on any atom is -0.379 e. The van der Waals surface area contributed by atoms with E-state index in [1.54, 1.807) is 0 Å². The predicted octanol–water partition coefficient (Wildman–Crippen LogP) is 1.13. The number of fused-ring (bicyclic) bond motifs is 2. The van der Waals surface area contributed by atoms with Gasteiger partial charge in [-0.15, -0.1) is 0 Å². The van der Waals surface area contributed by atoms with Crippen molar-refractivity contribution in [3.05, 3.63) is 0 Å². The van der Waals surface area contributed by atoms with Crippen LogP contribution in [-0.2, 0) is 9.47 Å². The first-order valence-corrected chi connectivity index (χ1v) is 8.72. The molecule has 0 aromatic heterocycles. The molecule has 2 heterocycles. The first-order chi connectivity index (χ1) is 9.81. The van der Waals surface area contributed by atoms with Gasteiger partial charge in [-0.25, -0.2) is 0 Å². The SMILES string of the molecule is COC1CC2C[NH+]3CCC4CCCC(C2CC1OC)C43. The van der Waals surface area contributed by atoms with Gasteiger partial charge in [-0.05, 0) is 31.6 Å². The molecule has 8 atom stereocenters. The first kappa shape index (κ1) is 13.5. The van der Waals surface area contributed by atoms with Crippen molar-refractivity contribution in [2.45, 2.75) is 56.8 Å². The van der Waals surface area contributed by atoms with Crippen molar-refractivity contribution in [2.75, 3.05) is 27.3 Å². The van der Waals surface area contributed by atoms with Crippen molar-refractivity contribution in [2.24, 2.45) is 23.7 Å². The van der Waals surface area contributed by atoms with Gasteiger partial charge in [0.15, 0.2) is 0 Å². The molecule has 4 rings (SSSR count). The van der Waals surface area contributed by atoms with Gasteiger partial charge in [-0.1, -0.05) is 6.42 Å². The molecule has 20 heavy (non-hydrogen) atoms. The van der Waals surface area contributed by atoms with Crippen molar-refractivity contribution in [3.63, 3.8) is 0 Å². The second kappa shape index (κ2) is 5.26. The Bertz CT molecular complexity index is 359. The Morgan fingerprint density at radius 1 is 0.850 bits per heavy atom. The molecular formula is C17H30NO2+. The van der Waals surface area contributed by atoms with Crippen molar-refractivity contribution in [3.8, 4) is 0 Å². The number of methoxy groups -OCH3 is 2. The van der Waals surface area contributed by atoms with Gasteiger partial charge in [0.2, 0.25) is 0 Å². The number of piperidine rings is 1. The normalized spacial score (nSPS) is 54.3. The van der Waals surface area contributed by atoms with Crippen LogP contribution in [0.4, 0.5) is 0 Å². The molecule has 0 bridgehead atoms. The van der Waals surface area contributed by atoms with Crippen LogP contribution in [-0.4, -0.2) is 45.6 Å². The largest absolute Gasteiger partial charge is 0.379 e. The molecule has 0 radical (unpaired) electrons. The molecule has 114 valence electrons. The third-order valence-electron chi connectivity index (χ3n) is 7.13. The molecular weight excluding hydrogens is 250 g/mol. The zero-order chi connectivity index (χ0) is 13.7. The maximum atomic E-state index is 5.76. The van der Waals surface area contributed by atoms with Crippen LogP contribution in [0.2, 0.25) is 0 Å². The average Bonchev–Trinajstić information content (AvgIpc) is 2.91. The second-order valence-electron chi connectivity index (χ2n) is 7.73. The molecule has 0 amide bonds. The third kappa shape index (κ3) is 1.97. The lowest BCUT2D eigenvalue weighted by Crippen LogP contribution is -3.17. The number of hydrogen-bond acceptors (Lipinski definition) is 2. The van der Waals surface area contributed by atoms with Crippen LogP contribution >= 0.6 is 0 Å². The summed E-state index contributed by atoms with van der Waals surface area (Å²) in [6.07, 6.45) is 9.13. The highest BCUT2D eigenvalue weighted by Gasteiger charge is 2.56. The van der Waals surface area contributed by atoms with E-state index in [9.17, 15) is 0 Å². The molecule has 2 saturated heterocycles. The summed E-state index contributed by atoms with van der Waals surface area (Å²) in [5.41, 5.74) is 0. The minimum absolute atomic E-state index is 0.333. The van der Waals surface area contributed by atoms with E-state index in [2.05, 4.69) is 0 Å². The van der Waals surface area contributed by atoms with E-state index in [-0.39, 0.29) is 0 Å². The second-order valence-corrected chi connectivity index (χ2v) is 7.73. The van der Waals surface area contributed by atoms with Crippen LogP contribution in [0.3, 0.4) is 0 Å². The fraction of sp³-hybridized carbons (Fsp3) is 1.00. The fourth-order valence-electron chi connectivity index (χ4n) is 6.37. The zero-order valence-electron chi connectivity index (χ0n) is 13.0. The Hall–Kier alpha value is -0.120. The lowest BCUT2D eigenvalue weighted by Gasteiger charge is -2.52. The Morgan fingerprint density at radius 2 is 1.65 bits per heavy atom. The maximum Gasteiger partial charge on any atom is 0.0936 e. The van der Waals surface area contributed by atoms with Crippen LogP contribution < -0.4 is 4.90 Å². The number of nitrogens with one attached hydrogen (secondary N) is 1. The molecule has 8 unspecified atom stereocenters. The summed E-state index contributed by atoms with van der Waals surface area (Å²) in [4.78, 5) is 1.95. The van der Waals surface area contributed by atoms with Crippen molar-refractivity contribution < 1.29 is 14.4 Å². The van der Waals surface area contributed by atoms with Crippen LogP contribution in [0.25, 0.3) is 0 Å². The number of hydrogen-bond donors (Lipinski definition) is 1. The molecule has 0 aromatic carbocycles. The molecule has 0 aromatic rings. The summed E-state index contributed by atoms with van der Waals surface area (Å²) in [6.45, 7) is 2.86. The fourth-order valence-corrected chi connectivity index (χ4v) is 6.37. The Morgan fingerprint density at radius 3 is 2.45 bits per heavy atom. The maximum absolute atomic E-state index is 5.76. The number of ether oxygens (including phenoxy) is 2. The molecule has 3 nitrogen and oxygen atoms in total. The Labute approximate surface area is 123 Å². The Kier molecular flexibility index (Phi) is 3.56. The van der Waals surface area contributed by atoms with E-state index >= 15 is 0 Å². The van der Waals surface area contributed by atoms with E-state index in [0.29, 0.717) is 12.2 Å². The summed E-state index contributed by atoms with van der Waals surface area (Å²) < 4.78 is 11.5. The number of rotatable bonds is 2. The van der Waals surface area contributed by atoms with E-state index < -0.39 is 0 Å². The van der Waals surface area contributed by atoms with E-state index in [1.807, 2.05) is 19.1 Å². The topological polar surface area (TPSA) is 22.9 Å². The average molecular weight is 280 g/mol. The monoisotopic (exact) mass is 280 g/mol. The molecule has 0 spiro atoms. The summed E-state index contributed by atoms with van der Waals surface area (Å²) >= 11 is 0. The molecule has 3 heteroatoms. The van der Waals surface area contributed by atoms with Gasteiger partial charge in [-0.3, -0.25) is 0 Å². The van der Waals surface area contributed by atoms with Gasteiger partial charge < -0.3 is 14.4 Å². The molecule has 4 aliphatic rings. The first-order valence-electron chi connectivity index (χ1n) is 8.72. The highest BCUT2D eigenvalue weighted by molar-refractivity contribution is 4.98. The quantitative estimate of drug-likeness (QED) is 0.819. The highest BCUT2D eigenvalue weighted by atomic mass is 16.5. The summed E-state index contributed by atoms with van der Waals surface area (Å²) in [5.74, 6) is 3.84. The van der Waals surface area contributed by atoms with Crippen molar-refractivity contribution in [1.29, 1.82) is 0 Å². The molecule has 1 N–H and O–H groups in total. The van der Waals surface area contributed by atoms with E-state index in [1.165, 1.54) is 51.6 Å². The molecule has 2 aliphatic carbocycles. The Balaban J connectivity index is 1.58. The van der Waals surface area contributed by atoms with E-state index in [0.717, 1.165) is 29.7 Å². The molecule has 2 aliphatic heterocycles. The van der Waals surface area contributed by atoms with Gasteiger partial charge in [0.05, 0.1) is 31.3 Å². The third-order valence-corrected chi connectivity index (χ3v) is 7.13. The highest BCUT2D eigenvalue weighted by Crippen LogP contribution is 2.47. The molecule has 2 saturated carbocycles. The summed E-state index contributed by atoms with van der Waals surface area (Å²) in [7, 11) is 3.73. The van der Waals surface area contributed by atoms with Crippen LogP contribution in [0.15, 0.2) is 0 Å². The smallest absolute Gasteiger partial charge is 0.0936 e. The minimum atomic E-state index is 0.333. The van der Waals surface area contributed by atoms with Gasteiger partial charge in [-0.2, -0.15) is 0 Å². The zero-order valence-corrected chi connectivity index (χ0v) is 13.0. The predicted molar refractivity (Wildman–Crippen MR) is 77.7 cm³/mol. The van der Waals surface area contributed by atoms with Crippen molar-refractivity contribution in [1.82, 2.24) is 0 Å². The van der Waals surface area contributed by atoms with Crippen molar-refractivity contribution >= 4 is 0 Å². The van der Waals surface area contributed by atoms with Crippen LogP contribution in [0, 0.1) is 23.7 Å². The summed E-state index contributed by atoms with van der Waals surface area (Å²) in [5, 5.41) is 0. The van der Waals surface area contributed by atoms with Crippen LogP contribution in [0.5, 0.6) is 0 Å².